The van der Waals surface area contributed by atoms with Gasteiger partial charge in [-0.2, -0.15) is 0 Å². The zero-order valence-electron chi connectivity index (χ0n) is 8.68. The van der Waals surface area contributed by atoms with Crippen LogP contribution in [0.1, 0.15) is 31.2 Å². The number of hydrogen-bond donors (Lipinski definition) is 2. The Labute approximate surface area is 89.0 Å². The Hall–Kier alpha value is -0.450. The largest absolute Gasteiger partial charge is 0.387 e. The van der Waals surface area contributed by atoms with Crippen molar-refractivity contribution >= 4 is 11.3 Å². The average molecular weight is 214 g/mol. The topological polar surface area (TPSA) is 59.1 Å². The molecule has 2 atom stereocenters. The summed E-state index contributed by atoms with van der Waals surface area (Å²) in [5.74, 6) is 0.710. The van der Waals surface area contributed by atoms with Crippen molar-refractivity contribution in [2.75, 3.05) is 6.54 Å². The fourth-order valence-corrected chi connectivity index (χ4v) is 2.26. The van der Waals surface area contributed by atoms with E-state index in [0.717, 1.165) is 11.3 Å². The highest BCUT2D eigenvalue weighted by Gasteiger charge is 2.21. The summed E-state index contributed by atoms with van der Waals surface area (Å²) in [6, 6.07) is 0. The van der Waals surface area contributed by atoms with Gasteiger partial charge in [0.05, 0.1) is 16.5 Å². The molecule has 0 aromatic carbocycles. The molecule has 14 heavy (non-hydrogen) atoms. The van der Waals surface area contributed by atoms with Crippen molar-refractivity contribution in [3.05, 3.63) is 16.6 Å². The number of aromatic nitrogens is 1. The second-order valence-corrected chi connectivity index (χ2v) is 4.89. The number of hydrogen-bond acceptors (Lipinski definition) is 4. The van der Waals surface area contributed by atoms with E-state index in [-0.39, 0.29) is 5.92 Å². The van der Waals surface area contributed by atoms with Gasteiger partial charge in [-0.05, 0) is 18.9 Å². The predicted octanol–water partition coefficient (Wildman–Crippen LogP) is 1.80. The molecule has 1 aromatic heterocycles. The summed E-state index contributed by atoms with van der Waals surface area (Å²) in [6.07, 6.45) is 2.23. The van der Waals surface area contributed by atoms with Gasteiger partial charge in [0.2, 0.25) is 0 Å². The third kappa shape index (κ3) is 3.04. The zero-order valence-corrected chi connectivity index (χ0v) is 9.50. The molecule has 1 heterocycles. The van der Waals surface area contributed by atoms with Gasteiger partial charge in [0.1, 0.15) is 0 Å². The quantitative estimate of drug-likeness (QED) is 0.785. The molecule has 0 aliphatic carbocycles. The minimum Gasteiger partial charge on any atom is -0.387 e. The van der Waals surface area contributed by atoms with Gasteiger partial charge >= 0.3 is 0 Å². The Morgan fingerprint density at radius 2 is 2.29 bits per heavy atom. The fourth-order valence-electron chi connectivity index (χ4n) is 1.56. The van der Waals surface area contributed by atoms with Crippen LogP contribution in [0.15, 0.2) is 11.7 Å². The molecular weight excluding hydrogens is 196 g/mol. The summed E-state index contributed by atoms with van der Waals surface area (Å²) in [4.78, 5) is 4.87. The van der Waals surface area contributed by atoms with Gasteiger partial charge in [-0.3, -0.25) is 4.98 Å². The van der Waals surface area contributed by atoms with E-state index in [9.17, 15) is 5.11 Å². The molecule has 0 radical (unpaired) electrons. The summed E-state index contributed by atoms with van der Waals surface area (Å²) in [7, 11) is 0. The van der Waals surface area contributed by atoms with Gasteiger partial charge in [0.15, 0.2) is 0 Å². The van der Waals surface area contributed by atoms with Gasteiger partial charge in [0, 0.05) is 12.1 Å². The van der Waals surface area contributed by atoms with Crippen molar-refractivity contribution in [2.45, 2.75) is 26.4 Å². The van der Waals surface area contributed by atoms with E-state index in [1.54, 1.807) is 11.7 Å². The van der Waals surface area contributed by atoms with E-state index in [2.05, 4.69) is 18.8 Å². The molecule has 4 heteroatoms. The van der Waals surface area contributed by atoms with Crippen LogP contribution in [0, 0.1) is 11.8 Å². The van der Waals surface area contributed by atoms with Gasteiger partial charge in [-0.1, -0.05) is 13.8 Å². The molecule has 2 unspecified atom stereocenters. The highest BCUT2D eigenvalue weighted by Crippen LogP contribution is 2.28. The highest BCUT2D eigenvalue weighted by molar-refractivity contribution is 7.09. The van der Waals surface area contributed by atoms with Crippen LogP contribution >= 0.6 is 11.3 Å². The van der Waals surface area contributed by atoms with Crippen molar-refractivity contribution in [1.29, 1.82) is 0 Å². The molecule has 0 aliphatic heterocycles. The van der Waals surface area contributed by atoms with Crippen molar-refractivity contribution in [2.24, 2.45) is 17.6 Å². The molecule has 0 amide bonds. The van der Waals surface area contributed by atoms with Crippen molar-refractivity contribution < 1.29 is 5.11 Å². The smallest absolute Gasteiger partial charge is 0.0938 e. The molecule has 0 bridgehead atoms. The number of aliphatic hydroxyl groups excluding tert-OH is 1. The van der Waals surface area contributed by atoms with Crippen molar-refractivity contribution in [3.63, 3.8) is 0 Å². The summed E-state index contributed by atoms with van der Waals surface area (Å²) in [5.41, 5.74) is 7.39. The first-order valence-electron chi connectivity index (χ1n) is 4.91. The third-order valence-corrected chi connectivity index (χ3v) is 3.11. The first kappa shape index (κ1) is 11.6. The maximum Gasteiger partial charge on any atom is 0.0938 e. The Balaban J connectivity index is 2.60. The highest BCUT2D eigenvalue weighted by atomic mass is 32.1. The zero-order chi connectivity index (χ0) is 10.6. The molecule has 1 aromatic rings. The Morgan fingerprint density at radius 1 is 1.57 bits per heavy atom. The monoisotopic (exact) mass is 214 g/mol. The van der Waals surface area contributed by atoms with E-state index in [1.807, 2.05) is 0 Å². The first-order valence-corrected chi connectivity index (χ1v) is 5.79. The second-order valence-electron chi connectivity index (χ2n) is 3.97. The molecule has 0 fully saturated rings. The van der Waals surface area contributed by atoms with Crippen LogP contribution in [-0.4, -0.2) is 16.6 Å². The first-order chi connectivity index (χ1) is 6.65. The lowest BCUT2D eigenvalue weighted by molar-refractivity contribution is 0.103. The Bertz CT molecular complexity index is 249. The molecule has 3 N–H and O–H groups in total. The summed E-state index contributed by atoms with van der Waals surface area (Å²) >= 11 is 1.49. The normalized spacial score (nSPS) is 15.8. The van der Waals surface area contributed by atoms with Gasteiger partial charge < -0.3 is 10.8 Å². The van der Waals surface area contributed by atoms with E-state index in [1.165, 1.54) is 11.3 Å². The van der Waals surface area contributed by atoms with Crippen LogP contribution in [0.3, 0.4) is 0 Å². The second kappa shape index (κ2) is 5.44. The van der Waals surface area contributed by atoms with Crippen LogP contribution in [-0.2, 0) is 0 Å². The summed E-state index contributed by atoms with van der Waals surface area (Å²) < 4.78 is 0. The van der Waals surface area contributed by atoms with Gasteiger partial charge in [-0.15, -0.1) is 11.3 Å². The van der Waals surface area contributed by atoms with Crippen LogP contribution in [0.25, 0.3) is 0 Å². The summed E-state index contributed by atoms with van der Waals surface area (Å²) in [6.45, 7) is 4.81. The number of nitrogens with two attached hydrogens (primary N) is 1. The minimum atomic E-state index is -0.449. The lowest BCUT2D eigenvalue weighted by Crippen LogP contribution is -2.23. The molecule has 0 saturated heterocycles. The Kier molecular flexibility index (Phi) is 4.51. The van der Waals surface area contributed by atoms with Crippen LogP contribution in [0.2, 0.25) is 0 Å². The minimum absolute atomic E-state index is 0.149. The molecule has 0 spiro atoms. The predicted molar refractivity (Wildman–Crippen MR) is 59.1 cm³/mol. The SMILES string of the molecule is CC(C)CC(CN)C(O)c1cncs1. The van der Waals surface area contributed by atoms with Gasteiger partial charge in [0.25, 0.3) is 0 Å². The van der Waals surface area contributed by atoms with E-state index < -0.39 is 6.10 Å². The Morgan fingerprint density at radius 3 is 2.71 bits per heavy atom. The standard InChI is InChI=1S/C10H18N2OS/c1-7(2)3-8(4-11)10(13)9-5-12-6-14-9/h5-8,10,13H,3-4,11H2,1-2H3. The third-order valence-electron chi connectivity index (χ3n) is 2.27. The van der Waals surface area contributed by atoms with Crippen LogP contribution in [0.4, 0.5) is 0 Å². The number of aliphatic hydroxyl groups is 1. The number of rotatable bonds is 5. The van der Waals surface area contributed by atoms with E-state index >= 15 is 0 Å². The van der Waals surface area contributed by atoms with E-state index in [4.69, 9.17) is 5.73 Å². The molecule has 3 nitrogen and oxygen atoms in total. The molecular formula is C10H18N2OS. The lowest BCUT2D eigenvalue weighted by atomic mass is 9.92. The van der Waals surface area contributed by atoms with E-state index in [0.29, 0.717) is 12.5 Å². The van der Waals surface area contributed by atoms with Crippen LogP contribution in [0.5, 0.6) is 0 Å². The molecule has 80 valence electrons. The number of thiazole rings is 1. The maximum atomic E-state index is 10.0. The maximum absolute atomic E-state index is 10.0. The van der Waals surface area contributed by atoms with Crippen LogP contribution < -0.4 is 5.73 Å². The van der Waals surface area contributed by atoms with Crippen molar-refractivity contribution in [3.8, 4) is 0 Å². The summed E-state index contributed by atoms with van der Waals surface area (Å²) in [5, 5.41) is 10.0. The molecule has 1 rings (SSSR count). The molecule has 0 aliphatic rings. The van der Waals surface area contributed by atoms with Crippen molar-refractivity contribution in [1.82, 2.24) is 4.98 Å². The van der Waals surface area contributed by atoms with Gasteiger partial charge in [-0.25, -0.2) is 0 Å². The average Bonchev–Trinajstić information content (AvgIpc) is 2.65. The number of nitrogens with zero attached hydrogens (tertiary/aromatic N) is 1. The molecule has 0 saturated carbocycles. The lowest BCUT2D eigenvalue weighted by Gasteiger charge is -2.21. The fraction of sp³-hybridized carbons (Fsp3) is 0.700.